The minimum absolute atomic E-state index is 0.0271. The second-order valence-corrected chi connectivity index (χ2v) is 11.6. The highest BCUT2D eigenvalue weighted by molar-refractivity contribution is 7.45. The minimum atomic E-state index is -4.53. The molecular weight excluding hydrogens is 537 g/mol. The molecule has 11 nitrogen and oxygen atoms in total. The SMILES string of the molecule is Cc1cc(Oc2cc(Oc3ccc(N)c(C)c3)cc(C(=O)OCCOP(=O)([O-])OCC[N+](C)(C)C)c2)ccc1N. The van der Waals surface area contributed by atoms with Gasteiger partial charge in [-0.05, 0) is 73.5 Å². The lowest BCUT2D eigenvalue weighted by Crippen LogP contribution is -2.37. The molecule has 4 N–H and O–H groups in total. The van der Waals surface area contributed by atoms with Crippen molar-refractivity contribution < 1.29 is 42.0 Å². The first-order chi connectivity index (χ1) is 18.7. The number of aryl methyl sites for hydroxylation is 2. The van der Waals surface area contributed by atoms with Gasteiger partial charge in [0, 0.05) is 17.4 Å². The molecule has 3 aromatic carbocycles. The topological polar surface area (TPSA) is 155 Å². The summed E-state index contributed by atoms with van der Waals surface area (Å²) in [4.78, 5) is 24.8. The van der Waals surface area contributed by atoms with Crippen LogP contribution in [0.4, 0.5) is 11.4 Å². The van der Waals surface area contributed by atoms with Crippen LogP contribution in [-0.4, -0.2) is 58.0 Å². The average Bonchev–Trinajstić information content (AvgIpc) is 2.85. The number of rotatable bonds is 13. The maximum atomic E-state index is 12.9. The summed E-state index contributed by atoms with van der Waals surface area (Å²) in [7, 11) is 1.19. The monoisotopic (exact) mass is 573 g/mol. The van der Waals surface area contributed by atoms with Crippen LogP contribution in [0.2, 0.25) is 0 Å². The molecule has 0 aliphatic carbocycles. The molecule has 0 fully saturated rings. The number of benzene rings is 3. The lowest BCUT2D eigenvalue weighted by atomic mass is 10.1. The highest BCUT2D eigenvalue weighted by atomic mass is 31.2. The van der Waals surface area contributed by atoms with E-state index in [0.717, 1.165) is 11.1 Å². The molecule has 0 heterocycles. The van der Waals surface area contributed by atoms with Crippen LogP contribution in [0, 0.1) is 13.8 Å². The quantitative estimate of drug-likeness (QED) is 0.0987. The van der Waals surface area contributed by atoms with Gasteiger partial charge in [0.05, 0.1) is 33.3 Å². The Bertz CT molecular complexity index is 1320. The number of phosphoric ester groups is 1. The fourth-order valence-corrected chi connectivity index (χ4v) is 4.01. The van der Waals surface area contributed by atoms with Crippen molar-refractivity contribution in [3.63, 3.8) is 0 Å². The van der Waals surface area contributed by atoms with Crippen molar-refractivity contribution in [2.75, 3.05) is 59.0 Å². The van der Waals surface area contributed by atoms with E-state index in [9.17, 15) is 14.3 Å². The van der Waals surface area contributed by atoms with Crippen LogP contribution in [0.15, 0.2) is 54.6 Å². The number of ether oxygens (including phenoxy) is 3. The Balaban J connectivity index is 1.71. The minimum Gasteiger partial charge on any atom is -0.756 e. The first-order valence-corrected chi connectivity index (χ1v) is 14.0. The number of nitrogen functional groups attached to an aromatic ring is 2. The van der Waals surface area contributed by atoms with Crippen LogP contribution in [0.5, 0.6) is 23.0 Å². The first-order valence-electron chi connectivity index (χ1n) is 12.5. The van der Waals surface area contributed by atoms with Gasteiger partial charge in [0.1, 0.15) is 42.8 Å². The molecule has 0 aliphatic rings. The van der Waals surface area contributed by atoms with Gasteiger partial charge in [-0.3, -0.25) is 4.57 Å². The van der Waals surface area contributed by atoms with E-state index < -0.39 is 20.4 Å². The van der Waals surface area contributed by atoms with Crippen molar-refractivity contribution in [3.8, 4) is 23.0 Å². The largest absolute Gasteiger partial charge is 0.756 e. The first kappa shape index (κ1) is 30.9. The summed E-state index contributed by atoms with van der Waals surface area (Å²) in [6, 6.07) is 15.0. The van der Waals surface area contributed by atoms with Crippen LogP contribution >= 0.6 is 7.82 Å². The van der Waals surface area contributed by atoms with E-state index >= 15 is 0 Å². The predicted octanol–water partition coefficient (Wildman–Crippen LogP) is 4.42. The van der Waals surface area contributed by atoms with Crippen LogP contribution in [0.3, 0.4) is 0 Å². The molecule has 0 spiro atoms. The number of carbonyl (C=O) groups is 1. The molecule has 0 radical (unpaired) electrons. The molecule has 0 aliphatic heterocycles. The molecule has 1 unspecified atom stereocenters. The number of hydrogen-bond donors (Lipinski definition) is 2. The lowest BCUT2D eigenvalue weighted by molar-refractivity contribution is -0.870. The standard InChI is InChI=1S/C28H36N3O8P/c1-19-14-22(6-8-26(19)29)38-24-16-21(17-25(18-24)39-23-7-9-27(30)20(2)15-23)28(32)35-12-13-37-40(33,34)36-11-10-31(3,4)5/h6-9,14-18H,10-13,29-30H2,1-5H3. The molecule has 0 saturated carbocycles. The third-order valence-corrected chi connectivity index (χ3v) is 6.64. The van der Waals surface area contributed by atoms with Crippen molar-refractivity contribution in [3.05, 3.63) is 71.3 Å². The highest BCUT2D eigenvalue weighted by Crippen LogP contribution is 2.38. The second kappa shape index (κ2) is 13.2. The van der Waals surface area contributed by atoms with Crippen molar-refractivity contribution >= 4 is 25.2 Å². The normalized spacial score (nSPS) is 12.9. The molecule has 3 aromatic rings. The van der Waals surface area contributed by atoms with E-state index in [1.165, 1.54) is 12.1 Å². The van der Waals surface area contributed by atoms with E-state index in [-0.39, 0.29) is 18.8 Å². The summed E-state index contributed by atoms with van der Waals surface area (Å²) < 4.78 is 39.3. The smallest absolute Gasteiger partial charge is 0.338 e. The zero-order valence-corrected chi connectivity index (χ0v) is 24.2. The van der Waals surface area contributed by atoms with E-state index in [1.807, 2.05) is 35.0 Å². The fraction of sp³-hybridized carbons (Fsp3) is 0.321. The van der Waals surface area contributed by atoms with Crippen molar-refractivity contribution in [2.45, 2.75) is 13.8 Å². The Morgan fingerprint density at radius 1 is 0.775 bits per heavy atom. The molecule has 40 heavy (non-hydrogen) atoms. The van der Waals surface area contributed by atoms with Gasteiger partial charge in [-0.2, -0.15) is 0 Å². The Morgan fingerprint density at radius 2 is 1.27 bits per heavy atom. The van der Waals surface area contributed by atoms with E-state index in [2.05, 4.69) is 0 Å². The fourth-order valence-electron chi connectivity index (χ4n) is 3.33. The molecule has 0 amide bonds. The molecular formula is C28H36N3O8P. The molecule has 216 valence electrons. The van der Waals surface area contributed by atoms with Gasteiger partial charge >= 0.3 is 5.97 Å². The Kier molecular flexibility index (Phi) is 10.2. The van der Waals surface area contributed by atoms with Crippen molar-refractivity contribution in [1.29, 1.82) is 0 Å². The highest BCUT2D eigenvalue weighted by Gasteiger charge is 2.16. The number of nitrogens with two attached hydrogens (primary N) is 2. The van der Waals surface area contributed by atoms with Gasteiger partial charge in [-0.15, -0.1) is 0 Å². The van der Waals surface area contributed by atoms with Gasteiger partial charge < -0.3 is 44.1 Å². The third kappa shape index (κ3) is 9.86. The summed E-state index contributed by atoms with van der Waals surface area (Å²) >= 11 is 0. The zero-order chi connectivity index (χ0) is 29.5. The maximum absolute atomic E-state index is 12.9. The third-order valence-electron chi connectivity index (χ3n) is 5.65. The Hall–Kier alpha value is -3.60. The van der Waals surface area contributed by atoms with Crippen molar-refractivity contribution in [2.24, 2.45) is 0 Å². The number of nitrogens with zero attached hydrogens (tertiary/aromatic N) is 1. The van der Waals surface area contributed by atoms with Crippen LogP contribution in [0.1, 0.15) is 21.5 Å². The van der Waals surface area contributed by atoms with Gasteiger partial charge in [-0.25, -0.2) is 4.79 Å². The second-order valence-electron chi connectivity index (χ2n) is 10.2. The van der Waals surface area contributed by atoms with Gasteiger partial charge in [0.2, 0.25) is 0 Å². The van der Waals surface area contributed by atoms with E-state index in [0.29, 0.717) is 45.4 Å². The zero-order valence-electron chi connectivity index (χ0n) is 23.3. The molecule has 3 rings (SSSR count). The Labute approximate surface area is 234 Å². The number of hydrogen-bond acceptors (Lipinski definition) is 10. The number of esters is 1. The van der Waals surface area contributed by atoms with Gasteiger partial charge in [0.25, 0.3) is 7.82 Å². The number of quaternary nitrogens is 1. The van der Waals surface area contributed by atoms with Gasteiger partial charge in [-0.1, -0.05) is 0 Å². The van der Waals surface area contributed by atoms with Crippen LogP contribution in [-0.2, 0) is 18.3 Å². The maximum Gasteiger partial charge on any atom is 0.338 e. The molecule has 0 bridgehead atoms. The molecule has 12 heteroatoms. The summed E-state index contributed by atoms with van der Waals surface area (Å²) in [5, 5.41) is 0. The summed E-state index contributed by atoms with van der Waals surface area (Å²) in [5.41, 5.74) is 14.8. The molecule has 1 atom stereocenters. The molecule has 0 aromatic heterocycles. The lowest BCUT2D eigenvalue weighted by Gasteiger charge is -2.27. The van der Waals surface area contributed by atoms with Crippen LogP contribution in [0.25, 0.3) is 0 Å². The number of carbonyl (C=O) groups excluding carboxylic acids is 1. The van der Waals surface area contributed by atoms with Crippen molar-refractivity contribution in [1.82, 2.24) is 0 Å². The average molecular weight is 574 g/mol. The van der Waals surface area contributed by atoms with E-state index in [4.69, 9.17) is 34.7 Å². The summed E-state index contributed by atoms with van der Waals surface area (Å²) in [5.74, 6) is 0.916. The predicted molar refractivity (Wildman–Crippen MR) is 150 cm³/mol. The van der Waals surface area contributed by atoms with Crippen LogP contribution < -0.4 is 25.8 Å². The Morgan fingerprint density at radius 3 is 1.75 bits per heavy atom. The summed E-state index contributed by atoms with van der Waals surface area (Å²) in [6.07, 6.45) is 0. The number of phosphoric acid groups is 1. The van der Waals surface area contributed by atoms with E-state index in [1.54, 1.807) is 42.5 Å². The molecule has 0 saturated heterocycles. The number of anilines is 2. The number of likely N-dealkylation sites (N-methyl/N-ethyl adjacent to an activating group) is 1. The summed E-state index contributed by atoms with van der Waals surface area (Å²) in [6.45, 7) is 3.43. The van der Waals surface area contributed by atoms with Gasteiger partial charge in [0.15, 0.2) is 0 Å².